The third kappa shape index (κ3) is 5.30. The van der Waals surface area contributed by atoms with Crippen LogP contribution in [0.15, 0.2) is 53.4 Å². The molecule has 4 rings (SSSR count). The van der Waals surface area contributed by atoms with E-state index in [9.17, 15) is 14.4 Å². The maximum absolute atomic E-state index is 12.7. The second kappa shape index (κ2) is 10.5. The van der Waals surface area contributed by atoms with Crippen molar-refractivity contribution in [3.05, 3.63) is 81.2 Å². The van der Waals surface area contributed by atoms with Crippen molar-refractivity contribution in [3.8, 4) is 6.07 Å². The molecule has 0 spiro atoms. The lowest BCUT2D eigenvalue weighted by atomic mass is 10.1. The van der Waals surface area contributed by atoms with E-state index < -0.39 is 24.4 Å². The number of nitrogens with zero attached hydrogens (tertiary/aromatic N) is 1. The first-order valence-corrected chi connectivity index (χ1v) is 12.4. The lowest BCUT2D eigenvalue weighted by Gasteiger charge is -2.10. The molecular formula is C25H21N3O4S2. The Labute approximate surface area is 204 Å². The highest BCUT2D eigenvalue weighted by Gasteiger charge is 2.26. The van der Waals surface area contributed by atoms with Gasteiger partial charge in [0, 0.05) is 15.5 Å². The third-order valence-corrected chi connectivity index (χ3v) is 7.69. The lowest BCUT2D eigenvalue weighted by molar-refractivity contribution is -0.119. The average molecular weight is 492 g/mol. The molecule has 2 amide bonds. The molecule has 7 nitrogen and oxygen atoms in total. The molecular weight excluding hydrogens is 470 g/mol. The molecule has 0 saturated carbocycles. The summed E-state index contributed by atoms with van der Waals surface area (Å²) in [5, 5.41) is 12.0. The number of nitriles is 1. The smallest absolute Gasteiger partial charge is 0.339 e. The molecule has 0 bridgehead atoms. The number of primary amides is 1. The van der Waals surface area contributed by atoms with Crippen molar-refractivity contribution >= 4 is 45.9 Å². The van der Waals surface area contributed by atoms with Gasteiger partial charge in [0.05, 0.1) is 22.8 Å². The van der Waals surface area contributed by atoms with E-state index in [1.807, 2.05) is 24.3 Å². The summed E-state index contributed by atoms with van der Waals surface area (Å²) in [7, 11) is 0. The summed E-state index contributed by atoms with van der Waals surface area (Å²) in [6, 6.07) is 16.4. The summed E-state index contributed by atoms with van der Waals surface area (Å²) in [5.41, 5.74) is 8.77. The van der Waals surface area contributed by atoms with E-state index in [0.29, 0.717) is 27.4 Å². The van der Waals surface area contributed by atoms with Gasteiger partial charge in [-0.05, 0) is 54.7 Å². The van der Waals surface area contributed by atoms with Crippen LogP contribution in [-0.4, -0.2) is 24.4 Å². The second-order valence-corrected chi connectivity index (χ2v) is 9.77. The number of carbonyl (C=O) groups is 3. The second-order valence-electron chi connectivity index (χ2n) is 7.64. The average Bonchev–Trinajstić information content (AvgIpc) is 3.42. The highest BCUT2D eigenvalue weighted by molar-refractivity contribution is 7.98. The number of thioether (sulfide) groups is 1. The summed E-state index contributed by atoms with van der Waals surface area (Å²) in [4.78, 5) is 38.8. The first-order valence-electron chi connectivity index (χ1n) is 10.6. The largest absolute Gasteiger partial charge is 0.452 e. The van der Waals surface area contributed by atoms with E-state index in [0.717, 1.165) is 40.2 Å². The Morgan fingerprint density at radius 2 is 1.88 bits per heavy atom. The number of hydrogen-bond acceptors (Lipinski definition) is 7. The predicted octanol–water partition coefficient (Wildman–Crippen LogP) is 4.30. The maximum Gasteiger partial charge on any atom is 0.339 e. The van der Waals surface area contributed by atoms with Gasteiger partial charge in [-0.15, -0.1) is 23.1 Å². The molecule has 172 valence electrons. The number of nitrogens with one attached hydrogen (secondary N) is 1. The molecule has 1 aromatic heterocycles. The van der Waals surface area contributed by atoms with Crippen LogP contribution in [0.2, 0.25) is 0 Å². The van der Waals surface area contributed by atoms with Gasteiger partial charge >= 0.3 is 5.97 Å². The Morgan fingerprint density at radius 3 is 2.62 bits per heavy atom. The van der Waals surface area contributed by atoms with Gasteiger partial charge in [0.25, 0.3) is 11.8 Å². The molecule has 3 aromatic rings. The molecule has 0 aliphatic heterocycles. The molecule has 0 fully saturated rings. The van der Waals surface area contributed by atoms with E-state index in [2.05, 4.69) is 11.4 Å². The number of rotatable bonds is 8. The number of thiophene rings is 1. The van der Waals surface area contributed by atoms with Gasteiger partial charge in [0.1, 0.15) is 5.00 Å². The molecule has 0 saturated heterocycles. The fraction of sp³-hybridized carbons (Fsp3) is 0.200. The Hall–Kier alpha value is -3.61. The Balaban J connectivity index is 1.37. The summed E-state index contributed by atoms with van der Waals surface area (Å²) >= 11 is 2.81. The predicted molar refractivity (Wildman–Crippen MR) is 131 cm³/mol. The highest BCUT2D eigenvalue weighted by atomic mass is 32.2. The zero-order chi connectivity index (χ0) is 24.1. The molecule has 1 aliphatic rings. The zero-order valence-corrected chi connectivity index (χ0v) is 19.8. The minimum Gasteiger partial charge on any atom is -0.452 e. The summed E-state index contributed by atoms with van der Waals surface area (Å²) in [5.74, 6) is -1.10. The number of benzene rings is 2. The molecule has 9 heteroatoms. The monoisotopic (exact) mass is 491 g/mol. The van der Waals surface area contributed by atoms with Crippen molar-refractivity contribution < 1.29 is 19.1 Å². The minimum atomic E-state index is -0.609. The van der Waals surface area contributed by atoms with Gasteiger partial charge in [-0.2, -0.15) is 5.26 Å². The van der Waals surface area contributed by atoms with E-state index >= 15 is 0 Å². The molecule has 0 unspecified atom stereocenters. The Kier molecular flexibility index (Phi) is 7.30. The lowest BCUT2D eigenvalue weighted by Crippen LogP contribution is -2.23. The number of hydrogen-bond donors (Lipinski definition) is 2. The summed E-state index contributed by atoms with van der Waals surface area (Å²) in [6.07, 6.45) is 2.60. The van der Waals surface area contributed by atoms with Gasteiger partial charge in [-0.3, -0.25) is 9.59 Å². The van der Waals surface area contributed by atoms with Gasteiger partial charge in [-0.1, -0.05) is 24.3 Å². The van der Waals surface area contributed by atoms with Gasteiger partial charge in [0.2, 0.25) is 0 Å². The van der Waals surface area contributed by atoms with Crippen LogP contribution in [0.5, 0.6) is 0 Å². The summed E-state index contributed by atoms with van der Waals surface area (Å²) < 4.78 is 5.25. The Morgan fingerprint density at radius 1 is 1.12 bits per heavy atom. The van der Waals surface area contributed by atoms with Crippen LogP contribution in [0.3, 0.4) is 0 Å². The number of esters is 1. The molecule has 0 radical (unpaired) electrons. The van der Waals surface area contributed by atoms with Crippen LogP contribution in [0, 0.1) is 11.3 Å². The van der Waals surface area contributed by atoms with Crippen LogP contribution in [0.1, 0.15) is 48.7 Å². The fourth-order valence-corrected chi connectivity index (χ4v) is 6.03. The molecule has 0 atom stereocenters. The third-order valence-electron chi connectivity index (χ3n) is 5.34. The van der Waals surface area contributed by atoms with E-state index in [-0.39, 0.29) is 0 Å². The van der Waals surface area contributed by atoms with Gasteiger partial charge in [-0.25, -0.2) is 4.79 Å². The number of anilines is 1. The fourth-order valence-electron chi connectivity index (χ4n) is 3.72. The van der Waals surface area contributed by atoms with Crippen molar-refractivity contribution in [1.82, 2.24) is 0 Å². The number of amides is 2. The van der Waals surface area contributed by atoms with Crippen LogP contribution >= 0.6 is 23.1 Å². The first kappa shape index (κ1) is 23.5. The number of ether oxygens (including phenoxy) is 1. The normalized spacial score (nSPS) is 12.0. The van der Waals surface area contributed by atoms with Crippen molar-refractivity contribution in [2.24, 2.45) is 5.73 Å². The first-order chi connectivity index (χ1) is 16.5. The topological polar surface area (TPSA) is 122 Å². The van der Waals surface area contributed by atoms with Crippen molar-refractivity contribution in [2.45, 2.75) is 29.9 Å². The molecule has 3 N–H and O–H groups in total. The van der Waals surface area contributed by atoms with Crippen molar-refractivity contribution in [2.75, 3.05) is 11.9 Å². The van der Waals surface area contributed by atoms with Crippen molar-refractivity contribution in [3.63, 3.8) is 0 Å². The molecule has 34 heavy (non-hydrogen) atoms. The SMILES string of the molecule is N#Cc1ccc(CSc2ccccc2C(=O)OCC(=O)Nc2sc3c(c2C(N)=O)CCC3)cc1. The van der Waals surface area contributed by atoms with Gasteiger partial charge < -0.3 is 15.8 Å². The number of aryl methyl sites for hydroxylation is 1. The zero-order valence-electron chi connectivity index (χ0n) is 18.1. The van der Waals surface area contributed by atoms with Crippen LogP contribution in [0.25, 0.3) is 0 Å². The maximum atomic E-state index is 12.7. The van der Waals surface area contributed by atoms with E-state index in [1.165, 1.54) is 23.1 Å². The summed E-state index contributed by atoms with van der Waals surface area (Å²) in [6.45, 7) is -0.478. The van der Waals surface area contributed by atoms with Gasteiger partial charge in [0.15, 0.2) is 6.61 Å². The number of fused-ring (bicyclic) bond motifs is 1. The van der Waals surface area contributed by atoms with Crippen LogP contribution < -0.4 is 11.1 Å². The van der Waals surface area contributed by atoms with Crippen molar-refractivity contribution in [1.29, 1.82) is 5.26 Å². The van der Waals surface area contributed by atoms with E-state index in [1.54, 1.807) is 24.3 Å². The standard InChI is InChI=1S/C25H21N3O4S2/c26-12-15-8-10-16(11-9-15)14-33-19-6-2-1-4-18(19)25(31)32-13-21(29)28-24-22(23(27)30)17-5-3-7-20(17)34-24/h1-2,4,6,8-11H,3,5,7,13-14H2,(H2,27,30)(H,28,29). The van der Waals surface area contributed by atoms with Crippen LogP contribution in [-0.2, 0) is 28.1 Å². The molecule has 1 heterocycles. The number of nitrogens with two attached hydrogens (primary N) is 1. The highest BCUT2D eigenvalue weighted by Crippen LogP contribution is 2.38. The number of carbonyl (C=O) groups excluding carboxylic acids is 3. The van der Waals surface area contributed by atoms with Crippen LogP contribution in [0.4, 0.5) is 5.00 Å². The Bertz CT molecular complexity index is 1290. The molecule has 1 aliphatic carbocycles. The van der Waals surface area contributed by atoms with E-state index in [4.69, 9.17) is 15.7 Å². The molecule has 2 aromatic carbocycles. The minimum absolute atomic E-state index is 0.363. The quantitative estimate of drug-likeness (QED) is 0.358.